The van der Waals surface area contributed by atoms with Gasteiger partial charge in [0.05, 0.1) is 6.26 Å². The summed E-state index contributed by atoms with van der Waals surface area (Å²) in [6, 6.07) is 11.0. The standard InChI is InChI=1S/C17H20FN3O.HI/c1-19-17(20-9-8-12-5-4-10-22-12)21-16-11-14(16)13-6-2-3-7-15(13)18;/h2-7,10,14,16H,8-9,11H2,1H3,(H2,19,20,21);1H. The fourth-order valence-corrected chi connectivity index (χ4v) is 2.60. The van der Waals surface area contributed by atoms with E-state index in [0.29, 0.717) is 0 Å². The van der Waals surface area contributed by atoms with E-state index in [-0.39, 0.29) is 41.8 Å². The fraction of sp³-hybridized carbons (Fsp3) is 0.353. The molecular formula is C17H21FIN3O. The van der Waals surface area contributed by atoms with Crippen molar-refractivity contribution in [3.63, 3.8) is 0 Å². The number of furan rings is 1. The van der Waals surface area contributed by atoms with Crippen LogP contribution in [-0.2, 0) is 6.42 Å². The molecule has 3 rings (SSSR count). The van der Waals surface area contributed by atoms with Crippen molar-refractivity contribution in [3.8, 4) is 0 Å². The molecule has 0 saturated heterocycles. The lowest BCUT2D eigenvalue weighted by Gasteiger charge is -2.11. The minimum absolute atomic E-state index is 0. The third-order valence-electron chi connectivity index (χ3n) is 3.88. The zero-order valence-corrected chi connectivity index (χ0v) is 15.3. The molecule has 1 aromatic heterocycles. The average Bonchev–Trinajstić information content (AvgIpc) is 3.08. The van der Waals surface area contributed by atoms with Crippen molar-refractivity contribution in [1.29, 1.82) is 0 Å². The highest BCUT2D eigenvalue weighted by Gasteiger charge is 2.40. The smallest absolute Gasteiger partial charge is 0.191 e. The van der Waals surface area contributed by atoms with Crippen LogP contribution in [-0.4, -0.2) is 25.6 Å². The maximum Gasteiger partial charge on any atom is 0.191 e. The number of hydrogen-bond donors (Lipinski definition) is 2. The number of aliphatic imine (C=N–C) groups is 1. The molecule has 0 amide bonds. The van der Waals surface area contributed by atoms with Gasteiger partial charge in [0, 0.05) is 32.0 Å². The van der Waals surface area contributed by atoms with Crippen LogP contribution in [0.15, 0.2) is 52.1 Å². The van der Waals surface area contributed by atoms with Crippen molar-refractivity contribution in [3.05, 3.63) is 59.8 Å². The molecule has 0 radical (unpaired) electrons. The molecule has 1 aliphatic rings. The highest BCUT2D eigenvalue weighted by Crippen LogP contribution is 2.41. The summed E-state index contributed by atoms with van der Waals surface area (Å²) in [6.07, 6.45) is 3.40. The Labute approximate surface area is 152 Å². The van der Waals surface area contributed by atoms with Crippen LogP contribution in [0, 0.1) is 5.82 Å². The summed E-state index contributed by atoms with van der Waals surface area (Å²) >= 11 is 0. The number of guanidine groups is 1. The van der Waals surface area contributed by atoms with E-state index in [2.05, 4.69) is 15.6 Å². The van der Waals surface area contributed by atoms with Crippen molar-refractivity contribution in [2.45, 2.75) is 24.8 Å². The van der Waals surface area contributed by atoms with Crippen LogP contribution in [0.25, 0.3) is 0 Å². The third-order valence-corrected chi connectivity index (χ3v) is 3.88. The van der Waals surface area contributed by atoms with Crippen molar-refractivity contribution < 1.29 is 8.81 Å². The Bertz CT molecular complexity index is 645. The molecule has 4 nitrogen and oxygen atoms in total. The zero-order valence-electron chi connectivity index (χ0n) is 13.0. The lowest BCUT2D eigenvalue weighted by atomic mass is 10.1. The van der Waals surface area contributed by atoms with E-state index >= 15 is 0 Å². The molecule has 2 aromatic rings. The van der Waals surface area contributed by atoms with E-state index in [1.807, 2.05) is 24.3 Å². The predicted molar refractivity (Wildman–Crippen MR) is 99.9 cm³/mol. The molecule has 2 atom stereocenters. The molecule has 1 saturated carbocycles. The lowest BCUT2D eigenvalue weighted by Crippen LogP contribution is -2.39. The second kappa shape index (κ2) is 8.33. The first-order valence-electron chi connectivity index (χ1n) is 7.52. The van der Waals surface area contributed by atoms with E-state index in [9.17, 15) is 4.39 Å². The van der Waals surface area contributed by atoms with Gasteiger partial charge >= 0.3 is 0 Å². The zero-order chi connectivity index (χ0) is 15.4. The number of rotatable bonds is 5. The van der Waals surface area contributed by atoms with Gasteiger partial charge in [0.15, 0.2) is 5.96 Å². The average molecular weight is 429 g/mol. The van der Waals surface area contributed by atoms with Gasteiger partial charge in [-0.25, -0.2) is 4.39 Å². The van der Waals surface area contributed by atoms with Gasteiger partial charge in [0.1, 0.15) is 11.6 Å². The van der Waals surface area contributed by atoms with E-state index in [4.69, 9.17) is 4.42 Å². The second-order valence-corrected chi connectivity index (χ2v) is 5.44. The molecule has 2 N–H and O–H groups in total. The number of benzene rings is 1. The summed E-state index contributed by atoms with van der Waals surface area (Å²) in [5, 5.41) is 6.59. The molecular weight excluding hydrogens is 408 g/mol. The van der Waals surface area contributed by atoms with Gasteiger partial charge in [-0.2, -0.15) is 0 Å². The lowest BCUT2D eigenvalue weighted by molar-refractivity contribution is 0.506. The molecule has 0 aliphatic heterocycles. The molecule has 1 aromatic carbocycles. The first-order valence-corrected chi connectivity index (χ1v) is 7.52. The summed E-state index contributed by atoms with van der Waals surface area (Å²) in [5.74, 6) is 1.79. The van der Waals surface area contributed by atoms with Crippen LogP contribution in [0.1, 0.15) is 23.7 Å². The molecule has 124 valence electrons. The largest absolute Gasteiger partial charge is 0.469 e. The minimum Gasteiger partial charge on any atom is -0.469 e. The summed E-state index contributed by atoms with van der Waals surface area (Å²) in [4.78, 5) is 4.21. The van der Waals surface area contributed by atoms with Crippen molar-refractivity contribution in [2.24, 2.45) is 4.99 Å². The molecule has 1 aliphatic carbocycles. The Hall–Kier alpha value is -1.57. The van der Waals surface area contributed by atoms with Gasteiger partial charge in [-0.05, 0) is 30.2 Å². The minimum atomic E-state index is -0.127. The van der Waals surface area contributed by atoms with Crippen molar-refractivity contribution in [2.75, 3.05) is 13.6 Å². The summed E-state index contributed by atoms with van der Waals surface area (Å²) in [7, 11) is 1.74. The van der Waals surface area contributed by atoms with Gasteiger partial charge in [0.25, 0.3) is 0 Å². The predicted octanol–water partition coefficient (Wildman–Crippen LogP) is 3.30. The maximum atomic E-state index is 13.7. The van der Waals surface area contributed by atoms with Crippen molar-refractivity contribution >= 4 is 29.9 Å². The summed E-state index contributed by atoms with van der Waals surface area (Å²) in [5.41, 5.74) is 0.783. The Morgan fingerprint density at radius 1 is 1.30 bits per heavy atom. The van der Waals surface area contributed by atoms with E-state index < -0.39 is 0 Å². The Morgan fingerprint density at radius 3 is 2.83 bits per heavy atom. The van der Waals surface area contributed by atoms with Crippen molar-refractivity contribution in [1.82, 2.24) is 10.6 Å². The highest BCUT2D eigenvalue weighted by molar-refractivity contribution is 14.0. The van der Waals surface area contributed by atoms with E-state index in [1.165, 1.54) is 6.07 Å². The fourth-order valence-electron chi connectivity index (χ4n) is 2.60. The molecule has 0 spiro atoms. The van der Waals surface area contributed by atoms with Crippen LogP contribution >= 0.6 is 24.0 Å². The van der Waals surface area contributed by atoms with Crippen LogP contribution in [0.2, 0.25) is 0 Å². The van der Waals surface area contributed by atoms with Gasteiger partial charge < -0.3 is 15.1 Å². The number of nitrogens with one attached hydrogen (secondary N) is 2. The van der Waals surface area contributed by atoms with Crippen LogP contribution in [0.4, 0.5) is 4.39 Å². The number of nitrogens with zero attached hydrogens (tertiary/aromatic N) is 1. The molecule has 23 heavy (non-hydrogen) atoms. The Morgan fingerprint density at radius 2 is 2.13 bits per heavy atom. The molecule has 1 fully saturated rings. The molecule has 1 heterocycles. The number of halogens is 2. The number of hydrogen-bond acceptors (Lipinski definition) is 2. The van der Waals surface area contributed by atoms with Crippen LogP contribution < -0.4 is 10.6 Å². The van der Waals surface area contributed by atoms with Gasteiger partial charge in [-0.3, -0.25) is 4.99 Å². The molecule has 2 unspecified atom stereocenters. The quantitative estimate of drug-likeness (QED) is 0.436. The first-order chi connectivity index (χ1) is 10.8. The third kappa shape index (κ3) is 4.70. The molecule has 6 heteroatoms. The monoisotopic (exact) mass is 429 g/mol. The Balaban J connectivity index is 0.00000192. The van der Waals surface area contributed by atoms with Gasteiger partial charge in [-0.15, -0.1) is 24.0 Å². The van der Waals surface area contributed by atoms with Gasteiger partial charge in [0.2, 0.25) is 0 Å². The SMILES string of the molecule is CN=C(NCCc1ccco1)NC1CC1c1ccccc1F.I. The summed E-state index contributed by atoms with van der Waals surface area (Å²) in [6.45, 7) is 0.740. The topological polar surface area (TPSA) is 49.6 Å². The maximum absolute atomic E-state index is 13.7. The normalized spacial score (nSPS) is 19.8. The van der Waals surface area contributed by atoms with E-state index in [1.54, 1.807) is 19.4 Å². The van der Waals surface area contributed by atoms with E-state index in [0.717, 1.165) is 36.7 Å². The molecule has 0 bridgehead atoms. The first kappa shape index (κ1) is 17.8. The van der Waals surface area contributed by atoms with Gasteiger partial charge in [-0.1, -0.05) is 18.2 Å². The van der Waals surface area contributed by atoms with Crippen LogP contribution in [0.5, 0.6) is 0 Å². The summed E-state index contributed by atoms with van der Waals surface area (Å²) < 4.78 is 19.0. The van der Waals surface area contributed by atoms with Crippen LogP contribution in [0.3, 0.4) is 0 Å². The highest BCUT2D eigenvalue weighted by atomic mass is 127. The Kier molecular flexibility index (Phi) is 6.44. The second-order valence-electron chi connectivity index (χ2n) is 5.44.